The van der Waals surface area contributed by atoms with E-state index in [0.29, 0.717) is 18.8 Å². The van der Waals surface area contributed by atoms with Gasteiger partial charge in [0, 0.05) is 19.0 Å². The fourth-order valence-corrected chi connectivity index (χ4v) is 3.40. The van der Waals surface area contributed by atoms with Crippen molar-refractivity contribution in [3.8, 4) is 0 Å². The van der Waals surface area contributed by atoms with Gasteiger partial charge in [-0.05, 0) is 18.2 Å². The Balaban J connectivity index is 1.63. The van der Waals surface area contributed by atoms with Crippen LogP contribution in [0.2, 0.25) is 0 Å². The molecule has 12 heteroatoms. The summed E-state index contributed by atoms with van der Waals surface area (Å²) in [6, 6.07) is 4.24. The summed E-state index contributed by atoms with van der Waals surface area (Å²) in [5.41, 5.74) is 0.533. The van der Waals surface area contributed by atoms with Crippen molar-refractivity contribution in [3.63, 3.8) is 0 Å². The summed E-state index contributed by atoms with van der Waals surface area (Å²) in [7, 11) is 0. The average Bonchev–Trinajstić information content (AvgIpc) is 2.95. The monoisotopic (exact) mass is 458 g/mol. The maximum atomic E-state index is 14.9. The molecule has 3 rings (SSSR count). The zero-order valence-corrected chi connectivity index (χ0v) is 17.7. The Labute approximate surface area is 183 Å². The van der Waals surface area contributed by atoms with Crippen molar-refractivity contribution in [2.75, 3.05) is 49.1 Å². The number of carbonyl (C=O) groups is 3. The SMILES string of the molecule is CC(C)C(=O)N1CCN(c2ccc(N3C[C@H](CNC(=O)C(F)F)OC3=O)cc2F)CCO1. The van der Waals surface area contributed by atoms with Crippen LogP contribution >= 0.6 is 0 Å². The molecule has 0 aromatic heterocycles. The quantitative estimate of drug-likeness (QED) is 0.699. The number of hydroxylamine groups is 2. The number of nitrogens with zero attached hydrogens (tertiary/aromatic N) is 3. The first-order chi connectivity index (χ1) is 15.2. The summed E-state index contributed by atoms with van der Waals surface area (Å²) in [5.74, 6) is -2.39. The molecule has 0 saturated carbocycles. The Morgan fingerprint density at radius 3 is 2.62 bits per heavy atom. The van der Waals surface area contributed by atoms with Crippen LogP contribution in [0.3, 0.4) is 0 Å². The van der Waals surface area contributed by atoms with Crippen molar-refractivity contribution < 1.29 is 37.1 Å². The van der Waals surface area contributed by atoms with Crippen LogP contribution < -0.4 is 15.1 Å². The number of ether oxygens (including phenoxy) is 1. The third-order valence-corrected chi connectivity index (χ3v) is 5.08. The molecule has 9 nitrogen and oxygen atoms in total. The second-order valence-corrected chi connectivity index (χ2v) is 7.71. The summed E-state index contributed by atoms with van der Waals surface area (Å²) in [6.07, 6.45) is -4.76. The Bertz CT molecular complexity index is 870. The van der Waals surface area contributed by atoms with E-state index < -0.39 is 30.3 Å². The van der Waals surface area contributed by atoms with E-state index in [9.17, 15) is 27.6 Å². The van der Waals surface area contributed by atoms with Gasteiger partial charge < -0.3 is 15.0 Å². The first-order valence-corrected chi connectivity index (χ1v) is 10.2. The summed E-state index contributed by atoms with van der Waals surface area (Å²) in [4.78, 5) is 43.6. The molecule has 32 heavy (non-hydrogen) atoms. The lowest BCUT2D eigenvalue weighted by Crippen LogP contribution is -2.37. The molecule has 0 bridgehead atoms. The van der Waals surface area contributed by atoms with Crippen LogP contribution in [0.25, 0.3) is 0 Å². The average molecular weight is 458 g/mol. The first-order valence-electron chi connectivity index (χ1n) is 10.2. The van der Waals surface area contributed by atoms with Gasteiger partial charge in [-0.3, -0.25) is 19.3 Å². The molecule has 2 aliphatic heterocycles. The van der Waals surface area contributed by atoms with Crippen LogP contribution in [0.1, 0.15) is 13.8 Å². The van der Waals surface area contributed by atoms with E-state index in [1.807, 2.05) is 5.32 Å². The van der Waals surface area contributed by atoms with Crippen molar-refractivity contribution in [2.24, 2.45) is 5.92 Å². The van der Waals surface area contributed by atoms with Crippen LogP contribution in [-0.4, -0.2) is 74.8 Å². The van der Waals surface area contributed by atoms with Crippen LogP contribution in [0.5, 0.6) is 0 Å². The number of cyclic esters (lactones) is 1. The molecule has 1 aromatic carbocycles. The minimum atomic E-state index is -3.16. The molecule has 1 aromatic rings. The van der Waals surface area contributed by atoms with Gasteiger partial charge in [-0.15, -0.1) is 0 Å². The number of benzene rings is 1. The minimum absolute atomic E-state index is 0.0229. The molecule has 0 aliphatic carbocycles. The van der Waals surface area contributed by atoms with E-state index in [0.717, 1.165) is 0 Å². The van der Waals surface area contributed by atoms with Crippen LogP contribution in [0.4, 0.5) is 29.3 Å². The summed E-state index contributed by atoms with van der Waals surface area (Å²) in [5, 5.41) is 3.29. The second-order valence-electron chi connectivity index (χ2n) is 7.71. The number of hydrogen-bond donors (Lipinski definition) is 1. The number of nitrogens with one attached hydrogen (secondary N) is 1. The molecule has 1 atom stereocenters. The molecule has 0 radical (unpaired) electrons. The van der Waals surface area contributed by atoms with Gasteiger partial charge in [0.2, 0.25) is 5.91 Å². The van der Waals surface area contributed by atoms with Crippen molar-refractivity contribution >= 4 is 29.3 Å². The highest BCUT2D eigenvalue weighted by molar-refractivity contribution is 5.90. The lowest BCUT2D eigenvalue weighted by Gasteiger charge is -2.24. The van der Waals surface area contributed by atoms with Gasteiger partial charge in [0.1, 0.15) is 11.9 Å². The molecule has 2 aliphatic rings. The number of amides is 3. The number of hydrogen-bond acceptors (Lipinski definition) is 6. The number of halogens is 3. The highest BCUT2D eigenvalue weighted by Crippen LogP contribution is 2.28. The maximum Gasteiger partial charge on any atom is 0.414 e. The molecule has 3 amide bonds. The van der Waals surface area contributed by atoms with Gasteiger partial charge in [-0.25, -0.2) is 14.2 Å². The van der Waals surface area contributed by atoms with Gasteiger partial charge in [0.15, 0.2) is 0 Å². The fraction of sp³-hybridized carbons (Fsp3) is 0.550. The lowest BCUT2D eigenvalue weighted by molar-refractivity contribution is -0.185. The van der Waals surface area contributed by atoms with Crippen molar-refractivity contribution in [3.05, 3.63) is 24.0 Å². The standard InChI is InChI=1S/C20H25F3N4O5/c1-12(2)19(29)27-6-5-25(7-8-31-27)16-4-3-13(9-15(16)21)26-11-14(32-20(26)30)10-24-18(28)17(22)23/h3-4,9,12,14,17H,5-8,10-11H2,1-2H3,(H,24,28)/t14-/m0/s1. The predicted octanol–water partition coefficient (Wildman–Crippen LogP) is 1.77. The van der Waals surface area contributed by atoms with Crippen LogP contribution in [0, 0.1) is 11.7 Å². The van der Waals surface area contributed by atoms with Gasteiger partial charge in [0.05, 0.1) is 37.6 Å². The van der Waals surface area contributed by atoms with Gasteiger partial charge in [-0.1, -0.05) is 13.8 Å². The first kappa shape index (κ1) is 23.6. The zero-order chi connectivity index (χ0) is 23.4. The molecule has 2 heterocycles. The highest BCUT2D eigenvalue weighted by Gasteiger charge is 2.33. The molecule has 2 fully saturated rings. The largest absolute Gasteiger partial charge is 0.442 e. The van der Waals surface area contributed by atoms with Gasteiger partial charge in [-0.2, -0.15) is 8.78 Å². The molecule has 0 unspecified atom stereocenters. The number of alkyl halides is 2. The number of rotatable bonds is 6. The van der Waals surface area contributed by atoms with Crippen LogP contribution in [0.15, 0.2) is 18.2 Å². The van der Waals surface area contributed by atoms with Gasteiger partial charge >= 0.3 is 12.5 Å². The number of anilines is 2. The smallest absolute Gasteiger partial charge is 0.414 e. The van der Waals surface area contributed by atoms with E-state index in [-0.39, 0.29) is 43.8 Å². The van der Waals surface area contributed by atoms with E-state index in [1.54, 1.807) is 24.8 Å². The van der Waals surface area contributed by atoms with Crippen LogP contribution in [-0.2, 0) is 19.2 Å². The number of carbonyl (C=O) groups excluding carboxylic acids is 3. The summed E-state index contributed by atoms with van der Waals surface area (Å²) in [6.45, 7) is 4.48. The second kappa shape index (κ2) is 10.1. The topological polar surface area (TPSA) is 91.4 Å². The van der Waals surface area contributed by atoms with E-state index in [4.69, 9.17) is 9.57 Å². The van der Waals surface area contributed by atoms with E-state index in [1.165, 1.54) is 22.1 Å². The third-order valence-electron chi connectivity index (χ3n) is 5.08. The van der Waals surface area contributed by atoms with Crippen molar-refractivity contribution in [1.82, 2.24) is 10.4 Å². The van der Waals surface area contributed by atoms with Crippen molar-refractivity contribution in [2.45, 2.75) is 26.4 Å². The van der Waals surface area contributed by atoms with E-state index in [2.05, 4.69) is 0 Å². The molecule has 0 spiro atoms. The van der Waals surface area contributed by atoms with Crippen molar-refractivity contribution in [1.29, 1.82) is 0 Å². The summed E-state index contributed by atoms with van der Waals surface area (Å²) >= 11 is 0. The Morgan fingerprint density at radius 1 is 1.22 bits per heavy atom. The highest BCUT2D eigenvalue weighted by atomic mass is 19.3. The Kier molecular flexibility index (Phi) is 7.44. The molecular weight excluding hydrogens is 433 g/mol. The minimum Gasteiger partial charge on any atom is -0.442 e. The summed E-state index contributed by atoms with van der Waals surface area (Å²) < 4.78 is 44.5. The zero-order valence-electron chi connectivity index (χ0n) is 17.7. The predicted molar refractivity (Wildman–Crippen MR) is 108 cm³/mol. The Hall–Kier alpha value is -3.02. The third kappa shape index (κ3) is 5.42. The Morgan fingerprint density at radius 2 is 1.97 bits per heavy atom. The molecular formula is C20H25F3N4O5. The van der Waals surface area contributed by atoms with Gasteiger partial charge in [0.25, 0.3) is 5.91 Å². The van der Waals surface area contributed by atoms with E-state index >= 15 is 0 Å². The molecule has 176 valence electrons. The normalized spacial score (nSPS) is 19.4. The molecule has 1 N–H and O–H groups in total. The maximum absolute atomic E-state index is 14.9. The fourth-order valence-electron chi connectivity index (χ4n) is 3.40. The molecule has 2 saturated heterocycles. The lowest BCUT2D eigenvalue weighted by atomic mass is 10.2.